The second-order valence-electron chi connectivity index (χ2n) is 4.69. The van der Waals surface area contributed by atoms with Crippen molar-refractivity contribution >= 4 is 5.91 Å². The first kappa shape index (κ1) is 14.6. The van der Waals surface area contributed by atoms with Crippen LogP contribution in [-0.4, -0.2) is 35.7 Å². The average Bonchev–Trinajstić information content (AvgIpc) is 2.70. The standard InChI is InChI=1S/C12H22N4O2/c1-9(2)4-7-14-12(17)8-13-6-5-11-15-10(3)18-16-11/h9,13H,4-8H2,1-3H3,(H,14,17). The van der Waals surface area contributed by atoms with Gasteiger partial charge in [0, 0.05) is 26.4 Å². The Morgan fingerprint density at radius 3 is 2.78 bits per heavy atom. The zero-order valence-corrected chi connectivity index (χ0v) is 11.3. The third-order valence-electron chi connectivity index (χ3n) is 2.42. The monoisotopic (exact) mass is 254 g/mol. The minimum atomic E-state index is 0.0277. The van der Waals surface area contributed by atoms with Crippen molar-refractivity contribution in [3.63, 3.8) is 0 Å². The molecule has 0 unspecified atom stereocenters. The molecule has 1 aromatic rings. The zero-order valence-electron chi connectivity index (χ0n) is 11.3. The first-order valence-electron chi connectivity index (χ1n) is 6.34. The number of aryl methyl sites for hydroxylation is 1. The summed E-state index contributed by atoms with van der Waals surface area (Å²) in [7, 11) is 0. The fourth-order valence-corrected chi connectivity index (χ4v) is 1.41. The second kappa shape index (κ2) is 7.81. The molecule has 0 saturated heterocycles. The number of carbonyl (C=O) groups is 1. The van der Waals surface area contributed by atoms with Gasteiger partial charge in [-0.05, 0) is 12.3 Å². The molecule has 0 bridgehead atoms. The highest BCUT2D eigenvalue weighted by molar-refractivity contribution is 5.77. The Labute approximate surface area is 108 Å². The molecule has 1 heterocycles. The number of hydrogen-bond acceptors (Lipinski definition) is 5. The predicted molar refractivity (Wildman–Crippen MR) is 68.1 cm³/mol. The second-order valence-corrected chi connectivity index (χ2v) is 4.69. The van der Waals surface area contributed by atoms with Gasteiger partial charge in [0.2, 0.25) is 11.8 Å². The van der Waals surface area contributed by atoms with Crippen molar-refractivity contribution in [1.82, 2.24) is 20.8 Å². The smallest absolute Gasteiger partial charge is 0.233 e. The summed E-state index contributed by atoms with van der Waals surface area (Å²) in [6.45, 7) is 7.76. The average molecular weight is 254 g/mol. The van der Waals surface area contributed by atoms with Gasteiger partial charge in [-0.2, -0.15) is 4.98 Å². The summed E-state index contributed by atoms with van der Waals surface area (Å²) in [4.78, 5) is 15.5. The number of carbonyl (C=O) groups excluding carboxylic acids is 1. The third kappa shape index (κ3) is 6.34. The van der Waals surface area contributed by atoms with Crippen LogP contribution in [0.5, 0.6) is 0 Å². The van der Waals surface area contributed by atoms with E-state index in [9.17, 15) is 4.79 Å². The maximum atomic E-state index is 11.4. The van der Waals surface area contributed by atoms with Crippen molar-refractivity contribution in [3.05, 3.63) is 11.7 Å². The van der Waals surface area contributed by atoms with Gasteiger partial charge in [-0.25, -0.2) is 0 Å². The Hall–Kier alpha value is -1.43. The van der Waals surface area contributed by atoms with E-state index >= 15 is 0 Å². The normalized spacial score (nSPS) is 10.9. The Kier molecular flexibility index (Phi) is 6.35. The van der Waals surface area contributed by atoms with Crippen LogP contribution in [0.25, 0.3) is 0 Å². The van der Waals surface area contributed by atoms with Crippen molar-refractivity contribution in [2.45, 2.75) is 33.6 Å². The van der Waals surface area contributed by atoms with Crippen LogP contribution in [0.3, 0.4) is 0 Å². The summed E-state index contributed by atoms with van der Waals surface area (Å²) in [5, 5.41) is 9.69. The molecule has 18 heavy (non-hydrogen) atoms. The molecule has 1 aromatic heterocycles. The highest BCUT2D eigenvalue weighted by atomic mass is 16.5. The van der Waals surface area contributed by atoms with Crippen LogP contribution in [0.2, 0.25) is 0 Å². The molecule has 0 radical (unpaired) electrons. The third-order valence-corrected chi connectivity index (χ3v) is 2.42. The van der Waals surface area contributed by atoms with Gasteiger partial charge in [0.1, 0.15) is 0 Å². The summed E-state index contributed by atoms with van der Waals surface area (Å²) < 4.78 is 4.85. The number of amides is 1. The molecular weight excluding hydrogens is 232 g/mol. The molecule has 0 atom stereocenters. The van der Waals surface area contributed by atoms with Crippen molar-refractivity contribution in [1.29, 1.82) is 0 Å². The first-order valence-corrected chi connectivity index (χ1v) is 6.34. The molecule has 0 aliphatic rings. The Morgan fingerprint density at radius 2 is 2.17 bits per heavy atom. The Morgan fingerprint density at radius 1 is 1.39 bits per heavy atom. The van der Waals surface area contributed by atoms with Crippen molar-refractivity contribution in [2.24, 2.45) is 5.92 Å². The lowest BCUT2D eigenvalue weighted by Crippen LogP contribution is -2.35. The molecule has 0 fully saturated rings. The van der Waals surface area contributed by atoms with Crippen LogP contribution in [-0.2, 0) is 11.2 Å². The van der Waals surface area contributed by atoms with Gasteiger partial charge in [0.15, 0.2) is 5.82 Å². The van der Waals surface area contributed by atoms with Crippen molar-refractivity contribution in [2.75, 3.05) is 19.6 Å². The predicted octanol–water partition coefficient (Wildman–Crippen LogP) is 0.672. The molecule has 0 spiro atoms. The molecule has 0 saturated carbocycles. The molecule has 6 heteroatoms. The van der Waals surface area contributed by atoms with Gasteiger partial charge in [-0.1, -0.05) is 19.0 Å². The molecule has 6 nitrogen and oxygen atoms in total. The fraction of sp³-hybridized carbons (Fsp3) is 0.750. The molecule has 102 valence electrons. The first-order chi connectivity index (χ1) is 8.58. The van der Waals surface area contributed by atoms with Crippen LogP contribution < -0.4 is 10.6 Å². The Balaban J connectivity index is 2.02. The fourth-order valence-electron chi connectivity index (χ4n) is 1.41. The maximum absolute atomic E-state index is 11.4. The van der Waals surface area contributed by atoms with E-state index in [1.165, 1.54) is 0 Å². The van der Waals surface area contributed by atoms with E-state index in [4.69, 9.17) is 4.52 Å². The van der Waals surface area contributed by atoms with Crippen molar-refractivity contribution < 1.29 is 9.32 Å². The summed E-state index contributed by atoms with van der Waals surface area (Å²) in [6.07, 6.45) is 1.67. The highest BCUT2D eigenvalue weighted by Crippen LogP contribution is 1.96. The van der Waals surface area contributed by atoms with Gasteiger partial charge in [-0.15, -0.1) is 0 Å². The highest BCUT2D eigenvalue weighted by Gasteiger charge is 2.03. The van der Waals surface area contributed by atoms with Crippen molar-refractivity contribution in [3.8, 4) is 0 Å². The van der Waals surface area contributed by atoms with Crippen LogP contribution in [0.15, 0.2) is 4.52 Å². The largest absolute Gasteiger partial charge is 0.355 e. The number of aromatic nitrogens is 2. The van der Waals surface area contributed by atoms with Crippen LogP contribution >= 0.6 is 0 Å². The van der Waals surface area contributed by atoms with E-state index in [2.05, 4.69) is 34.6 Å². The van der Waals surface area contributed by atoms with Crippen LogP contribution in [0, 0.1) is 12.8 Å². The molecule has 0 aliphatic carbocycles. The van der Waals surface area contributed by atoms with E-state index < -0.39 is 0 Å². The number of rotatable bonds is 8. The number of hydrogen-bond donors (Lipinski definition) is 2. The molecular formula is C12H22N4O2. The molecule has 2 N–H and O–H groups in total. The summed E-state index contributed by atoms with van der Waals surface area (Å²) in [5.41, 5.74) is 0. The lowest BCUT2D eigenvalue weighted by molar-refractivity contribution is -0.120. The molecule has 1 rings (SSSR count). The Bertz CT molecular complexity index is 363. The van der Waals surface area contributed by atoms with Crippen LogP contribution in [0.1, 0.15) is 32.0 Å². The van der Waals surface area contributed by atoms with E-state index in [1.54, 1.807) is 6.92 Å². The van der Waals surface area contributed by atoms with Gasteiger partial charge >= 0.3 is 0 Å². The van der Waals surface area contributed by atoms with Crippen LogP contribution in [0.4, 0.5) is 0 Å². The van der Waals surface area contributed by atoms with E-state index in [0.717, 1.165) is 13.0 Å². The summed E-state index contributed by atoms with van der Waals surface area (Å²) in [5.74, 6) is 1.87. The summed E-state index contributed by atoms with van der Waals surface area (Å²) in [6, 6.07) is 0. The SMILES string of the molecule is Cc1nc(CCNCC(=O)NCCC(C)C)no1. The molecule has 0 aliphatic heterocycles. The van der Waals surface area contributed by atoms with E-state index in [0.29, 0.717) is 37.1 Å². The quantitative estimate of drug-likeness (QED) is 0.667. The molecule has 0 aromatic carbocycles. The van der Waals surface area contributed by atoms with E-state index in [1.807, 2.05) is 0 Å². The van der Waals surface area contributed by atoms with Gasteiger partial charge in [-0.3, -0.25) is 4.79 Å². The van der Waals surface area contributed by atoms with Gasteiger partial charge < -0.3 is 15.2 Å². The number of nitrogens with one attached hydrogen (secondary N) is 2. The minimum Gasteiger partial charge on any atom is -0.355 e. The number of nitrogens with zero attached hydrogens (tertiary/aromatic N) is 2. The molecule has 1 amide bonds. The summed E-state index contributed by atoms with van der Waals surface area (Å²) >= 11 is 0. The van der Waals surface area contributed by atoms with E-state index in [-0.39, 0.29) is 5.91 Å². The lowest BCUT2D eigenvalue weighted by atomic mass is 10.1. The maximum Gasteiger partial charge on any atom is 0.233 e. The van der Waals surface area contributed by atoms with Gasteiger partial charge in [0.05, 0.1) is 6.54 Å². The minimum absolute atomic E-state index is 0.0277. The topological polar surface area (TPSA) is 80.0 Å². The zero-order chi connectivity index (χ0) is 13.4. The van der Waals surface area contributed by atoms with Gasteiger partial charge in [0.25, 0.3) is 0 Å². The lowest BCUT2D eigenvalue weighted by Gasteiger charge is -2.07.